The first-order chi connectivity index (χ1) is 9.58. The van der Waals surface area contributed by atoms with Gasteiger partial charge in [0, 0.05) is 31.9 Å². The zero-order valence-electron chi connectivity index (χ0n) is 12.1. The average Bonchev–Trinajstić information content (AvgIpc) is 3.00. The molecule has 0 saturated carbocycles. The van der Waals surface area contributed by atoms with Crippen LogP contribution in [0.3, 0.4) is 0 Å². The normalized spacial score (nSPS) is 10.6. The van der Waals surface area contributed by atoms with E-state index in [0.29, 0.717) is 18.2 Å². The molecule has 2 rings (SSSR count). The van der Waals surface area contributed by atoms with Gasteiger partial charge in [-0.1, -0.05) is 0 Å². The van der Waals surface area contributed by atoms with Crippen molar-refractivity contribution in [1.82, 2.24) is 30.2 Å². The highest BCUT2D eigenvalue weighted by atomic mass is 32.1. The molecule has 2 aromatic rings. The van der Waals surface area contributed by atoms with Gasteiger partial charge in [0.05, 0.1) is 24.1 Å². The predicted octanol–water partition coefficient (Wildman–Crippen LogP) is 1.11. The Bertz CT molecular complexity index is 585. The molecule has 0 unspecified atom stereocenters. The number of nitrogens with one attached hydrogen (secondary N) is 2. The Morgan fingerprint density at radius 1 is 1.35 bits per heavy atom. The molecule has 0 bridgehead atoms. The molecular weight excluding hydrogens is 272 g/mol. The summed E-state index contributed by atoms with van der Waals surface area (Å²) < 4.78 is 3.75. The maximum absolute atomic E-state index is 5.26. The van der Waals surface area contributed by atoms with E-state index >= 15 is 0 Å². The molecule has 7 heteroatoms. The van der Waals surface area contributed by atoms with Gasteiger partial charge in [-0.2, -0.15) is 10.2 Å². The smallest absolute Gasteiger partial charge is 0.166 e. The summed E-state index contributed by atoms with van der Waals surface area (Å²) in [5, 5.41) is 15.5. The van der Waals surface area contributed by atoms with Crippen molar-refractivity contribution in [2.45, 2.75) is 33.5 Å². The van der Waals surface area contributed by atoms with Crippen LogP contribution in [0.1, 0.15) is 23.9 Å². The molecule has 0 saturated heterocycles. The van der Waals surface area contributed by atoms with E-state index in [2.05, 4.69) is 27.8 Å². The third kappa shape index (κ3) is 3.80. The molecule has 0 aliphatic carbocycles. The third-order valence-electron chi connectivity index (χ3n) is 2.99. The molecule has 0 aromatic carbocycles. The lowest BCUT2D eigenvalue weighted by atomic mass is 10.3. The number of nitrogens with zero attached hydrogens (tertiary/aromatic N) is 4. The summed E-state index contributed by atoms with van der Waals surface area (Å²) in [7, 11) is 1.93. The Morgan fingerprint density at radius 2 is 2.10 bits per heavy atom. The molecule has 2 N–H and O–H groups in total. The number of hydrogen-bond donors (Lipinski definition) is 2. The molecule has 0 atom stereocenters. The van der Waals surface area contributed by atoms with Crippen LogP contribution < -0.4 is 10.6 Å². The van der Waals surface area contributed by atoms with Gasteiger partial charge in [0.25, 0.3) is 0 Å². The fraction of sp³-hybridized carbons (Fsp3) is 0.462. The van der Waals surface area contributed by atoms with Gasteiger partial charge in [0.15, 0.2) is 5.11 Å². The minimum atomic E-state index is 0.633. The van der Waals surface area contributed by atoms with Crippen molar-refractivity contribution >= 4 is 17.3 Å². The molecule has 0 aliphatic heterocycles. The van der Waals surface area contributed by atoms with E-state index in [0.717, 1.165) is 23.5 Å². The lowest BCUT2D eigenvalue weighted by Crippen LogP contribution is -2.34. The molecular formula is C13H20N6S. The molecule has 0 radical (unpaired) electrons. The fourth-order valence-corrected chi connectivity index (χ4v) is 2.06. The summed E-state index contributed by atoms with van der Waals surface area (Å²) in [5.41, 5.74) is 3.23. The second-order valence-corrected chi connectivity index (χ2v) is 5.05. The van der Waals surface area contributed by atoms with E-state index in [9.17, 15) is 0 Å². The van der Waals surface area contributed by atoms with Crippen LogP contribution in [-0.2, 0) is 26.7 Å². The quantitative estimate of drug-likeness (QED) is 0.809. The van der Waals surface area contributed by atoms with Crippen LogP contribution in [-0.4, -0.2) is 24.7 Å². The van der Waals surface area contributed by atoms with Crippen molar-refractivity contribution in [3.8, 4) is 0 Å². The number of thiocarbonyl (C=S) groups is 1. The van der Waals surface area contributed by atoms with Crippen molar-refractivity contribution in [2.24, 2.45) is 7.05 Å². The van der Waals surface area contributed by atoms with Gasteiger partial charge in [-0.15, -0.1) is 0 Å². The summed E-state index contributed by atoms with van der Waals surface area (Å²) in [6.07, 6.45) is 3.86. The Hall–Kier alpha value is -1.89. The van der Waals surface area contributed by atoms with Crippen molar-refractivity contribution in [1.29, 1.82) is 0 Å². The molecule has 20 heavy (non-hydrogen) atoms. The lowest BCUT2D eigenvalue weighted by Gasteiger charge is -2.09. The molecule has 2 heterocycles. The summed E-state index contributed by atoms with van der Waals surface area (Å²) in [5.74, 6) is 0. The van der Waals surface area contributed by atoms with Crippen molar-refractivity contribution in [2.75, 3.05) is 0 Å². The number of aryl methyl sites for hydroxylation is 3. The maximum atomic E-state index is 5.26. The monoisotopic (exact) mass is 292 g/mol. The van der Waals surface area contributed by atoms with Gasteiger partial charge >= 0.3 is 0 Å². The van der Waals surface area contributed by atoms with Crippen LogP contribution in [0.25, 0.3) is 0 Å². The second-order valence-electron chi connectivity index (χ2n) is 4.64. The minimum Gasteiger partial charge on any atom is -0.359 e. The van der Waals surface area contributed by atoms with Crippen molar-refractivity contribution < 1.29 is 0 Å². The van der Waals surface area contributed by atoms with Crippen LogP contribution in [0.2, 0.25) is 0 Å². The summed E-state index contributed by atoms with van der Waals surface area (Å²) in [6, 6.07) is 2.04. The average molecular weight is 292 g/mol. The molecule has 6 nitrogen and oxygen atoms in total. The van der Waals surface area contributed by atoms with E-state index in [-0.39, 0.29) is 0 Å². The molecule has 0 spiro atoms. The van der Waals surface area contributed by atoms with Gasteiger partial charge in [-0.05, 0) is 32.1 Å². The maximum Gasteiger partial charge on any atom is 0.166 e. The Labute approximate surface area is 124 Å². The molecule has 2 aromatic heterocycles. The predicted molar refractivity (Wildman–Crippen MR) is 82.1 cm³/mol. The molecule has 0 aliphatic rings. The topological polar surface area (TPSA) is 59.7 Å². The number of rotatable bonds is 5. The molecule has 0 fully saturated rings. The summed E-state index contributed by atoms with van der Waals surface area (Å²) in [6.45, 7) is 6.26. The highest BCUT2D eigenvalue weighted by Gasteiger charge is 2.03. The molecule has 0 amide bonds. The Morgan fingerprint density at radius 3 is 2.70 bits per heavy atom. The Kier molecular flexibility index (Phi) is 4.73. The molecule has 108 valence electrons. The van der Waals surface area contributed by atoms with Crippen LogP contribution in [0.15, 0.2) is 18.5 Å². The van der Waals surface area contributed by atoms with E-state index in [1.54, 1.807) is 0 Å². The van der Waals surface area contributed by atoms with E-state index in [4.69, 9.17) is 12.2 Å². The highest BCUT2D eigenvalue weighted by molar-refractivity contribution is 7.80. The second kappa shape index (κ2) is 6.51. The summed E-state index contributed by atoms with van der Waals surface area (Å²) in [4.78, 5) is 0. The van der Waals surface area contributed by atoms with Crippen LogP contribution in [0, 0.1) is 6.92 Å². The van der Waals surface area contributed by atoms with Gasteiger partial charge in [-0.3, -0.25) is 9.36 Å². The lowest BCUT2D eigenvalue weighted by molar-refractivity contribution is 0.658. The van der Waals surface area contributed by atoms with E-state index < -0.39 is 0 Å². The van der Waals surface area contributed by atoms with E-state index in [1.165, 1.54) is 0 Å². The van der Waals surface area contributed by atoms with Gasteiger partial charge in [0.2, 0.25) is 0 Å². The number of hydrogen-bond acceptors (Lipinski definition) is 3. The first-order valence-electron chi connectivity index (χ1n) is 6.61. The standard InChI is InChI=1S/C13H20N6S/c1-4-19-9-11(7-16-19)6-14-13(20)15-8-12-5-10(2)17-18(12)3/h5,7,9H,4,6,8H2,1-3H3,(H2,14,15,20). The largest absolute Gasteiger partial charge is 0.359 e. The SMILES string of the molecule is CCn1cc(CNC(=S)NCc2cc(C)nn2C)cn1. The van der Waals surface area contributed by atoms with Crippen molar-refractivity contribution in [3.63, 3.8) is 0 Å². The fourth-order valence-electron chi connectivity index (χ4n) is 1.92. The summed E-state index contributed by atoms with van der Waals surface area (Å²) >= 11 is 5.26. The van der Waals surface area contributed by atoms with Crippen LogP contribution in [0.4, 0.5) is 0 Å². The van der Waals surface area contributed by atoms with Crippen LogP contribution in [0.5, 0.6) is 0 Å². The third-order valence-corrected chi connectivity index (χ3v) is 3.28. The first-order valence-corrected chi connectivity index (χ1v) is 7.02. The zero-order valence-corrected chi connectivity index (χ0v) is 12.9. The van der Waals surface area contributed by atoms with Gasteiger partial charge in [-0.25, -0.2) is 0 Å². The van der Waals surface area contributed by atoms with Crippen LogP contribution >= 0.6 is 12.2 Å². The van der Waals surface area contributed by atoms with Crippen molar-refractivity contribution in [3.05, 3.63) is 35.4 Å². The highest BCUT2D eigenvalue weighted by Crippen LogP contribution is 2.01. The minimum absolute atomic E-state index is 0.633. The number of aromatic nitrogens is 4. The first kappa shape index (κ1) is 14.5. The zero-order chi connectivity index (χ0) is 14.5. The van der Waals surface area contributed by atoms with Gasteiger partial charge < -0.3 is 10.6 Å². The van der Waals surface area contributed by atoms with E-state index in [1.807, 2.05) is 41.8 Å². The Balaban J connectivity index is 1.76. The van der Waals surface area contributed by atoms with Gasteiger partial charge in [0.1, 0.15) is 0 Å².